The topological polar surface area (TPSA) is 46.9 Å². The summed E-state index contributed by atoms with van der Waals surface area (Å²) in [5.74, 6) is 1.12. The van der Waals surface area contributed by atoms with Crippen LogP contribution in [0.15, 0.2) is 42.5 Å². The highest BCUT2D eigenvalue weighted by Crippen LogP contribution is 2.23. The molecule has 1 amide bonds. The molecule has 1 N–H and O–H groups in total. The summed E-state index contributed by atoms with van der Waals surface area (Å²) in [5.41, 5.74) is 6.19. The molecule has 0 unspecified atom stereocenters. The molecule has 0 radical (unpaired) electrons. The second-order valence-corrected chi connectivity index (χ2v) is 8.07. The second kappa shape index (κ2) is 8.17. The van der Waals surface area contributed by atoms with E-state index in [0.29, 0.717) is 19.0 Å². The van der Waals surface area contributed by atoms with Crippen molar-refractivity contribution in [2.24, 2.45) is 0 Å². The lowest BCUT2D eigenvalue weighted by Crippen LogP contribution is -2.28. The smallest absolute Gasteiger partial charge is 0.224 e. The molecule has 4 heteroatoms. The highest BCUT2D eigenvalue weighted by atomic mass is 16.1. The van der Waals surface area contributed by atoms with Gasteiger partial charge in [0.1, 0.15) is 5.82 Å². The Morgan fingerprint density at radius 3 is 2.71 bits per heavy atom. The first-order valence-electron chi connectivity index (χ1n) is 10.4. The van der Waals surface area contributed by atoms with Crippen LogP contribution in [-0.2, 0) is 30.5 Å². The molecule has 1 aromatic heterocycles. The molecule has 0 saturated carbocycles. The van der Waals surface area contributed by atoms with Crippen molar-refractivity contribution < 1.29 is 4.79 Å². The molecule has 0 spiro atoms. The number of imidazole rings is 1. The Morgan fingerprint density at radius 2 is 1.89 bits per heavy atom. The lowest BCUT2D eigenvalue weighted by atomic mass is 9.90. The van der Waals surface area contributed by atoms with Gasteiger partial charge in [0.25, 0.3) is 0 Å². The molecule has 0 bridgehead atoms. The third-order valence-electron chi connectivity index (χ3n) is 5.63. The van der Waals surface area contributed by atoms with Gasteiger partial charge in [0.2, 0.25) is 5.91 Å². The van der Waals surface area contributed by atoms with Gasteiger partial charge in [-0.25, -0.2) is 4.98 Å². The van der Waals surface area contributed by atoms with Gasteiger partial charge in [0.15, 0.2) is 0 Å². The van der Waals surface area contributed by atoms with Crippen molar-refractivity contribution in [3.63, 3.8) is 0 Å². The monoisotopic (exact) mass is 375 g/mol. The van der Waals surface area contributed by atoms with Crippen molar-refractivity contribution in [1.29, 1.82) is 0 Å². The molecular formula is C24H29N3O. The summed E-state index contributed by atoms with van der Waals surface area (Å²) in [4.78, 5) is 17.2. The molecule has 146 valence electrons. The zero-order valence-electron chi connectivity index (χ0n) is 16.9. The van der Waals surface area contributed by atoms with Crippen LogP contribution >= 0.6 is 0 Å². The molecule has 0 atom stereocenters. The number of carbonyl (C=O) groups excluding carboxylic acids is 1. The van der Waals surface area contributed by atoms with Gasteiger partial charge in [-0.3, -0.25) is 4.79 Å². The standard InChI is InChI=1S/C24H29N3O/c1-17(2)27-22-10-6-5-9-21(22)26-23(27)13-14-25-24(28)16-18-11-12-19-7-3-4-8-20(19)15-18/h5-6,9-12,15,17H,3-4,7-8,13-14,16H2,1-2H3,(H,25,28). The summed E-state index contributed by atoms with van der Waals surface area (Å²) in [7, 11) is 0. The molecule has 2 aromatic carbocycles. The van der Waals surface area contributed by atoms with Gasteiger partial charge < -0.3 is 9.88 Å². The van der Waals surface area contributed by atoms with E-state index in [2.05, 4.69) is 48.0 Å². The third kappa shape index (κ3) is 3.96. The Kier molecular flexibility index (Phi) is 5.47. The van der Waals surface area contributed by atoms with E-state index in [1.807, 2.05) is 18.2 Å². The summed E-state index contributed by atoms with van der Waals surface area (Å²) in [6.07, 6.45) is 6.07. The quantitative estimate of drug-likeness (QED) is 0.694. The second-order valence-electron chi connectivity index (χ2n) is 8.07. The van der Waals surface area contributed by atoms with Crippen molar-refractivity contribution in [3.05, 3.63) is 65.0 Å². The maximum Gasteiger partial charge on any atom is 0.224 e. The van der Waals surface area contributed by atoms with Crippen molar-refractivity contribution >= 4 is 16.9 Å². The fourth-order valence-corrected chi connectivity index (χ4v) is 4.31. The van der Waals surface area contributed by atoms with Crippen molar-refractivity contribution in [1.82, 2.24) is 14.9 Å². The maximum absolute atomic E-state index is 12.4. The number of nitrogens with one attached hydrogen (secondary N) is 1. The number of para-hydroxylation sites is 2. The van der Waals surface area contributed by atoms with E-state index in [4.69, 9.17) is 4.98 Å². The average Bonchev–Trinajstić information content (AvgIpc) is 3.06. The van der Waals surface area contributed by atoms with E-state index in [1.54, 1.807) is 0 Å². The van der Waals surface area contributed by atoms with Crippen LogP contribution < -0.4 is 5.32 Å². The number of fused-ring (bicyclic) bond motifs is 2. The van der Waals surface area contributed by atoms with Gasteiger partial charge in [-0.2, -0.15) is 0 Å². The number of amides is 1. The van der Waals surface area contributed by atoms with Gasteiger partial charge in [-0.15, -0.1) is 0 Å². The molecule has 1 aliphatic carbocycles. The largest absolute Gasteiger partial charge is 0.355 e. The van der Waals surface area contributed by atoms with E-state index in [-0.39, 0.29) is 5.91 Å². The van der Waals surface area contributed by atoms with E-state index < -0.39 is 0 Å². The fraction of sp³-hybridized carbons (Fsp3) is 0.417. The van der Waals surface area contributed by atoms with Crippen molar-refractivity contribution in [2.45, 2.75) is 58.4 Å². The van der Waals surface area contributed by atoms with Crippen LogP contribution in [0.3, 0.4) is 0 Å². The Balaban J connectivity index is 1.37. The molecule has 0 saturated heterocycles. The number of benzene rings is 2. The van der Waals surface area contributed by atoms with Crippen LogP contribution in [0.4, 0.5) is 0 Å². The van der Waals surface area contributed by atoms with Gasteiger partial charge in [0, 0.05) is 19.0 Å². The number of rotatable bonds is 6. The zero-order valence-corrected chi connectivity index (χ0v) is 16.9. The van der Waals surface area contributed by atoms with E-state index in [9.17, 15) is 4.79 Å². The van der Waals surface area contributed by atoms with Crippen LogP contribution in [0.2, 0.25) is 0 Å². The minimum atomic E-state index is 0.0861. The highest BCUT2D eigenvalue weighted by molar-refractivity contribution is 5.79. The van der Waals surface area contributed by atoms with Crippen LogP contribution in [0.1, 0.15) is 55.2 Å². The number of aromatic nitrogens is 2. The van der Waals surface area contributed by atoms with E-state index >= 15 is 0 Å². The average molecular weight is 376 g/mol. The summed E-state index contributed by atoms with van der Waals surface area (Å²) < 4.78 is 2.27. The van der Waals surface area contributed by atoms with Crippen LogP contribution in [0, 0.1) is 0 Å². The maximum atomic E-state index is 12.4. The molecule has 28 heavy (non-hydrogen) atoms. The van der Waals surface area contributed by atoms with Gasteiger partial charge in [-0.05, 0) is 68.4 Å². The molecule has 1 aliphatic rings. The first-order valence-corrected chi connectivity index (χ1v) is 10.4. The minimum Gasteiger partial charge on any atom is -0.355 e. The molecule has 1 heterocycles. The molecule has 4 nitrogen and oxygen atoms in total. The first-order chi connectivity index (χ1) is 13.6. The Hall–Kier alpha value is -2.62. The highest BCUT2D eigenvalue weighted by Gasteiger charge is 2.14. The van der Waals surface area contributed by atoms with Gasteiger partial charge >= 0.3 is 0 Å². The van der Waals surface area contributed by atoms with Crippen LogP contribution in [0.5, 0.6) is 0 Å². The number of nitrogens with zero attached hydrogens (tertiary/aromatic N) is 2. The lowest BCUT2D eigenvalue weighted by molar-refractivity contribution is -0.120. The summed E-state index contributed by atoms with van der Waals surface area (Å²) >= 11 is 0. The van der Waals surface area contributed by atoms with Crippen LogP contribution in [-0.4, -0.2) is 22.0 Å². The Bertz CT molecular complexity index is 987. The first kappa shape index (κ1) is 18.7. The molecule has 4 rings (SSSR count). The molecule has 0 aliphatic heterocycles. The number of aryl methyl sites for hydroxylation is 2. The number of hydrogen-bond donors (Lipinski definition) is 1. The summed E-state index contributed by atoms with van der Waals surface area (Å²) in [6.45, 7) is 4.96. The summed E-state index contributed by atoms with van der Waals surface area (Å²) in [6, 6.07) is 15.1. The predicted molar refractivity (Wildman–Crippen MR) is 114 cm³/mol. The lowest BCUT2D eigenvalue weighted by Gasteiger charge is -2.16. The summed E-state index contributed by atoms with van der Waals surface area (Å²) in [5, 5.41) is 3.08. The predicted octanol–water partition coefficient (Wildman–Crippen LogP) is 4.40. The van der Waals surface area contributed by atoms with Crippen molar-refractivity contribution in [2.75, 3.05) is 6.54 Å². The Labute approximate surface area is 167 Å². The van der Waals surface area contributed by atoms with E-state index in [0.717, 1.165) is 35.3 Å². The fourth-order valence-electron chi connectivity index (χ4n) is 4.31. The molecular weight excluding hydrogens is 346 g/mol. The van der Waals surface area contributed by atoms with Crippen LogP contribution in [0.25, 0.3) is 11.0 Å². The number of hydrogen-bond acceptors (Lipinski definition) is 2. The zero-order chi connectivity index (χ0) is 19.5. The van der Waals surface area contributed by atoms with Gasteiger partial charge in [-0.1, -0.05) is 30.3 Å². The Morgan fingerprint density at radius 1 is 1.11 bits per heavy atom. The normalized spacial score (nSPS) is 13.7. The van der Waals surface area contributed by atoms with Gasteiger partial charge in [0.05, 0.1) is 17.5 Å². The van der Waals surface area contributed by atoms with Crippen molar-refractivity contribution in [3.8, 4) is 0 Å². The minimum absolute atomic E-state index is 0.0861. The third-order valence-corrected chi connectivity index (χ3v) is 5.63. The SMILES string of the molecule is CC(C)n1c(CCNC(=O)Cc2ccc3c(c2)CCCC3)nc2ccccc21. The number of carbonyl (C=O) groups is 1. The molecule has 3 aromatic rings. The molecule has 0 fully saturated rings. The van der Waals surface area contributed by atoms with E-state index in [1.165, 1.54) is 30.4 Å².